The van der Waals surface area contributed by atoms with Crippen LogP contribution in [0.1, 0.15) is 82.6 Å². The average molecular weight is 475 g/mol. The van der Waals surface area contributed by atoms with E-state index in [1.54, 1.807) is 0 Å². The summed E-state index contributed by atoms with van der Waals surface area (Å²) in [5.74, 6) is -0.367. The van der Waals surface area contributed by atoms with E-state index >= 15 is 0 Å². The molecule has 2 saturated heterocycles. The Kier molecular flexibility index (Phi) is 11.3. The minimum atomic E-state index is -0.448. The second kappa shape index (κ2) is 12.3. The molecule has 1 spiro atoms. The predicted molar refractivity (Wildman–Crippen MR) is 129 cm³/mol. The Hall–Kier alpha value is -0.730. The summed E-state index contributed by atoms with van der Waals surface area (Å²) in [5.41, 5.74) is -1.20. The van der Waals surface area contributed by atoms with Gasteiger partial charge in [-0.3, -0.25) is 4.79 Å². The first-order chi connectivity index (χ1) is 15.2. The van der Waals surface area contributed by atoms with Crippen molar-refractivity contribution in [2.24, 2.45) is 22.2 Å². The third-order valence-corrected chi connectivity index (χ3v) is 6.18. The van der Waals surface area contributed by atoms with Crippen LogP contribution >= 0.6 is 0 Å². The van der Waals surface area contributed by atoms with E-state index in [2.05, 4.69) is 34.6 Å². The molecular weight excluding hydrogens is 424 g/mol. The molecule has 196 valence electrons. The van der Waals surface area contributed by atoms with Gasteiger partial charge in [0.15, 0.2) is 12.6 Å². The molecule has 2 fully saturated rings. The smallest absolute Gasteiger partial charge is 0.308 e. The van der Waals surface area contributed by atoms with Crippen LogP contribution in [0.4, 0.5) is 0 Å². The first-order valence-electron chi connectivity index (χ1n) is 12.5. The third-order valence-electron chi connectivity index (χ3n) is 6.18. The van der Waals surface area contributed by atoms with Gasteiger partial charge in [0.05, 0.1) is 50.0 Å². The zero-order chi connectivity index (χ0) is 25.5. The first-order valence-corrected chi connectivity index (χ1v) is 12.5. The van der Waals surface area contributed by atoms with Gasteiger partial charge in [0.1, 0.15) is 6.61 Å². The maximum Gasteiger partial charge on any atom is 0.308 e. The lowest BCUT2D eigenvalue weighted by molar-refractivity contribution is -0.338. The van der Waals surface area contributed by atoms with Gasteiger partial charge in [-0.1, -0.05) is 62.3 Å². The minimum absolute atomic E-state index is 0.153. The molecule has 0 radical (unpaired) electrons. The molecule has 0 aromatic carbocycles. The van der Waals surface area contributed by atoms with E-state index in [1.807, 2.05) is 41.5 Å². The number of ether oxygens (including phenoxy) is 6. The van der Waals surface area contributed by atoms with Crippen LogP contribution < -0.4 is 0 Å². The lowest BCUT2D eigenvalue weighted by atomic mass is 9.86. The second-order valence-electron chi connectivity index (χ2n) is 11.5. The van der Waals surface area contributed by atoms with E-state index < -0.39 is 11.7 Å². The predicted octanol–water partition coefficient (Wildman–Crippen LogP) is 5.20. The van der Waals surface area contributed by atoms with Gasteiger partial charge >= 0.3 is 5.97 Å². The summed E-state index contributed by atoms with van der Waals surface area (Å²) >= 11 is 0. The maximum absolute atomic E-state index is 11.8. The van der Waals surface area contributed by atoms with Crippen molar-refractivity contribution in [1.82, 2.24) is 0 Å². The molecule has 7 nitrogen and oxygen atoms in total. The molecule has 2 heterocycles. The Morgan fingerprint density at radius 2 is 1.24 bits per heavy atom. The number of hydrogen-bond donors (Lipinski definition) is 0. The first kappa shape index (κ1) is 30.3. The van der Waals surface area contributed by atoms with Crippen LogP contribution in [0, 0.1) is 22.2 Å². The van der Waals surface area contributed by atoms with Gasteiger partial charge in [0.2, 0.25) is 0 Å². The van der Waals surface area contributed by atoms with Crippen molar-refractivity contribution in [1.29, 1.82) is 0 Å². The van der Waals surface area contributed by atoms with Crippen LogP contribution in [0.15, 0.2) is 0 Å². The largest absolute Gasteiger partial charge is 0.465 e. The highest BCUT2D eigenvalue weighted by molar-refractivity contribution is 5.71. The average Bonchev–Trinajstić information content (AvgIpc) is 2.78. The zero-order valence-corrected chi connectivity index (χ0v) is 23.0. The number of carbonyl (C=O) groups is 1. The molecule has 0 aromatic rings. The molecule has 0 atom stereocenters. The van der Waals surface area contributed by atoms with Gasteiger partial charge in [-0.05, 0) is 20.3 Å². The molecule has 0 unspecified atom stereocenters. The Morgan fingerprint density at radius 1 is 0.848 bits per heavy atom. The van der Waals surface area contributed by atoms with Gasteiger partial charge in [-0.25, -0.2) is 0 Å². The highest BCUT2D eigenvalue weighted by Gasteiger charge is 2.48. The molecule has 0 amide bonds. The maximum atomic E-state index is 11.8. The van der Waals surface area contributed by atoms with Crippen molar-refractivity contribution in [2.45, 2.75) is 101 Å². The normalized spacial score (nSPS) is 26.7. The molecule has 2 rings (SSSR count). The van der Waals surface area contributed by atoms with Gasteiger partial charge in [0, 0.05) is 10.8 Å². The number of carbonyl (C=O) groups excluding carboxylic acids is 1. The van der Waals surface area contributed by atoms with Crippen LogP contribution in [0.25, 0.3) is 0 Å². The van der Waals surface area contributed by atoms with E-state index in [-0.39, 0.29) is 41.2 Å². The van der Waals surface area contributed by atoms with Crippen LogP contribution in [-0.4, -0.2) is 63.8 Å². The van der Waals surface area contributed by atoms with Crippen molar-refractivity contribution in [3.8, 4) is 0 Å². The van der Waals surface area contributed by atoms with E-state index in [0.29, 0.717) is 33.0 Å². The molecule has 0 N–H and O–H groups in total. The monoisotopic (exact) mass is 474 g/mol. The lowest BCUT2D eigenvalue weighted by Gasteiger charge is -2.48. The molecule has 2 aliphatic heterocycles. The molecule has 7 heteroatoms. The quantitative estimate of drug-likeness (QED) is 0.425. The van der Waals surface area contributed by atoms with Crippen LogP contribution in [0.3, 0.4) is 0 Å². The van der Waals surface area contributed by atoms with Gasteiger partial charge in [0.25, 0.3) is 0 Å². The van der Waals surface area contributed by atoms with Crippen molar-refractivity contribution < 1.29 is 33.2 Å². The summed E-state index contributed by atoms with van der Waals surface area (Å²) in [6.07, 6.45) is 0.161. The Labute approximate surface area is 202 Å². The molecule has 0 saturated carbocycles. The summed E-state index contributed by atoms with van der Waals surface area (Å²) in [6.45, 7) is 24.9. The summed E-state index contributed by atoms with van der Waals surface area (Å²) < 4.78 is 35.9. The van der Waals surface area contributed by atoms with Crippen molar-refractivity contribution in [3.05, 3.63) is 0 Å². The van der Waals surface area contributed by atoms with Crippen molar-refractivity contribution in [3.63, 3.8) is 0 Å². The van der Waals surface area contributed by atoms with Crippen molar-refractivity contribution >= 4 is 5.97 Å². The number of rotatable bonds is 9. The van der Waals surface area contributed by atoms with E-state index in [0.717, 1.165) is 6.42 Å². The molecular formula is C26H50O7. The van der Waals surface area contributed by atoms with Gasteiger partial charge in [-0.15, -0.1) is 0 Å². The lowest BCUT2D eigenvalue weighted by Crippen LogP contribution is -2.57. The topological polar surface area (TPSA) is 72.5 Å². The summed E-state index contributed by atoms with van der Waals surface area (Å²) in [5, 5.41) is 0. The standard InChI is InChI=1S/C24H44O7.C2H6/c1-10-23(8,9)31-12-22(6,7)20-29-15-24(16-30-20)13-27-19(28-14-24)21(4,5)11-26-18(25)17(2)3;1-2/h17,19-20H,10-16H2,1-9H3;1-2H3. The highest BCUT2D eigenvalue weighted by atomic mass is 16.7. The zero-order valence-electron chi connectivity index (χ0n) is 23.0. The van der Waals surface area contributed by atoms with Crippen LogP contribution in [0.2, 0.25) is 0 Å². The van der Waals surface area contributed by atoms with Gasteiger partial charge in [-0.2, -0.15) is 0 Å². The van der Waals surface area contributed by atoms with Gasteiger partial charge < -0.3 is 28.4 Å². The fourth-order valence-corrected chi connectivity index (χ4v) is 3.30. The molecule has 33 heavy (non-hydrogen) atoms. The highest BCUT2D eigenvalue weighted by Crippen LogP contribution is 2.39. The van der Waals surface area contributed by atoms with Crippen molar-refractivity contribution in [2.75, 3.05) is 39.6 Å². The fraction of sp³-hybridized carbons (Fsp3) is 0.962. The summed E-state index contributed by atoms with van der Waals surface area (Å²) in [6, 6.07) is 0. The molecule has 0 aliphatic carbocycles. The third kappa shape index (κ3) is 8.77. The SMILES string of the molecule is CC.CCC(C)(C)OCC(C)(C)C1OCC2(COC(C(C)(C)COC(=O)C(C)C)OC2)CO1. The molecule has 0 bridgehead atoms. The number of hydrogen-bond acceptors (Lipinski definition) is 7. The van der Waals surface area contributed by atoms with E-state index in [1.165, 1.54) is 0 Å². The fourth-order valence-electron chi connectivity index (χ4n) is 3.30. The van der Waals surface area contributed by atoms with Crippen LogP contribution in [0.5, 0.6) is 0 Å². The second-order valence-corrected chi connectivity index (χ2v) is 11.5. The van der Waals surface area contributed by atoms with Crippen LogP contribution in [-0.2, 0) is 33.2 Å². The Bertz CT molecular complexity index is 579. The summed E-state index contributed by atoms with van der Waals surface area (Å²) in [4.78, 5) is 11.8. The Balaban J connectivity index is 0.00000265. The van der Waals surface area contributed by atoms with E-state index in [9.17, 15) is 4.79 Å². The Morgan fingerprint density at radius 3 is 1.61 bits per heavy atom. The summed E-state index contributed by atoms with van der Waals surface area (Å²) in [7, 11) is 0. The number of esters is 1. The molecule has 2 aliphatic rings. The van der Waals surface area contributed by atoms with E-state index in [4.69, 9.17) is 28.4 Å². The molecule has 0 aromatic heterocycles. The minimum Gasteiger partial charge on any atom is -0.465 e.